The van der Waals surface area contributed by atoms with Gasteiger partial charge in [0.15, 0.2) is 0 Å². The number of hydrogen-bond acceptors (Lipinski definition) is 3. The van der Waals surface area contributed by atoms with Crippen molar-refractivity contribution in [2.45, 2.75) is 25.3 Å². The third kappa shape index (κ3) is 3.55. The van der Waals surface area contributed by atoms with Crippen molar-refractivity contribution in [3.63, 3.8) is 0 Å². The summed E-state index contributed by atoms with van der Waals surface area (Å²) in [6, 6.07) is 1.47. The van der Waals surface area contributed by atoms with Crippen molar-refractivity contribution in [2.24, 2.45) is 5.92 Å². The molecule has 2 rings (SSSR count). The molecule has 1 heterocycles. The lowest BCUT2D eigenvalue weighted by Gasteiger charge is -2.15. The standard InChI is InChI=1S/C11H11Br2NO3S/c12-8-3-6(10(13)18-8)11(17)14-7(4-9(15)16)5-1-2-5/h3,5,7H,1-2,4H2,(H,14,17)(H,15,16). The Morgan fingerprint density at radius 3 is 2.61 bits per heavy atom. The number of carbonyl (C=O) groups excluding carboxylic acids is 1. The van der Waals surface area contributed by atoms with Gasteiger partial charge in [0, 0.05) is 6.04 Å². The summed E-state index contributed by atoms with van der Waals surface area (Å²) in [6.45, 7) is 0. The van der Waals surface area contributed by atoms with Crippen LogP contribution in [-0.2, 0) is 4.79 Å². The van der Waals surface area contributed by atoms with Gasteiger partial charge >= 0.3 is 5.97 Å². The summed E-state index contributed by atoms with van der Waals surface area (Å²) in [7, 11) is 0. The largest absolute Gasteiger partial charge is 0.481 e. The van der Waals surface area contributed by atoms with Gasteiger partial charge < -0.3 is 10.4 Å². The molecule has 0 aliphatic heterocycles. The summed E-state index contributed by atoms with van der Waals surface area (Å²) in [5, 5.41) is 11.7. The summed E-state index contributed by atoms with van der Waals surface area (Å²) in [4.78, 5) is 22.8. The minimum absolute atomic E-state index is 0.0146. The van der Waals surface area contributed by atoms with E-state index in [9.17, 15) is 9.59 Å². The molecule has 0 saturated heterocycles. The second kappa shape index (κ2) is 5.71. The summed E-state index contributed by atoms with van der Waals surface area (Å²) in [5.74, 6) is -0.786. The van der Waals surface area contributed by atoms with E-state index in [1.54, 1.807) is 6.07 Å². The molecular formula is C11H11Br2NO3S. The first-order valence-corrected chi connectivity index (χ1v) is 7.85. The molecule has 4 nitrogen and oxygen atoms in total. The molecule has 1 aromatic rings. The maximum atomic E-state index is 12.1. The summed E-state index contributed by atoms with van der Waals surface area (Å²) < 4.78 is 1.61. The first-order chi connectivity index (χ1) is 8.47. The number of carbonyl (C=O) groups is 2. The molecule has 0 aromatic carbocycles. The Balaban J connectivity index is 2.04. The highest BCUT2D eigenvalue weighted by Crippen LogP contribution is 2.35. The van der Waals surface area contributed by atoms with E-state index in [-0.39, 0.29) is 18.4 Å². The van der Waals surface area contributed by atoms with E-state index in [2.05, 4.69) is 37.2 Å². The minimum atomic E-state index is -0.877. The normalized spacial score (nSPS) is 16.3. The average Bonchev–Trinajstić information content (AvgIpc) is 3.03. The zero-order valence-corrected chi connectivity index (χ0v) is 13.3. The van der Waals surface area contributed by atoms with Crippen LogP contribution in [0.25, 0.3) is 0 Å². The van der Waals surface area contributed by atoms with Crippen molar-refractivity contribution in [3.05, 3.63) is 19.2 Å². The summed E-state index contributed by atoms with van der Waals surface area (Å²) in [5.41, 5.74) is 0.544. The summed E-state index contributed by atoms with van der Waals surface area (Å²) >= 11 is 8.05. The van der Waals surface area contributed by atoms with Crippen LogP contribution in [0.2, 0.25) is 0 Å². The molecular weight excluding hydrogens is 386 g/mol. The molecule has 1 aliphatic rings. The van der Waals surface area contributed by atoms with Crippen LogP contribution in [0.5, 0.6) is 0 Å². The maximum Gasteiger partial charge on any atom is 0.305 e. The van der Waals surface area contributed by atoms with Crippen molar-refractivity contribution >= 4 is 55.1 Å². The van der Waals surface area contributed by atoms with Crippen LogP contribution in [0.3, 0.4) is 0 Å². The zero-order valence-electron chi connectivity index (χ0n) is 9.28. The van der Waals surface area contributed by atoms with Gasteiger partial charge in [-0.15, -0.1) is 11.3 Å². The van der Waals surface area contributed by atoms with E-state index in [0.29, 0.717) is 11.5 Å². The number of halogens is 2. The molecule has 2 N–H and O–H groups in total. The monoisotopic (exact) mass is 395 g/mol. The van der Waals surface area contributed by atoms with Gasteiger partial charge in [0.25, 0.3) is 5.91 Å². The third-order valence-corrected chi connectivity index (χ3v) is 5.14. The fourth-order valence-electron chi connectivity index (χ4n) is 1.76. The fraction of sp³-hybridized carbons (Fsp3) is 0.455. The number of carboxylic acid groups (broad SMARTS) is 1. The second-order valence-corrected chi connectivity index (χ2v) is 8.00. The van der Waals surface area contributed by atoms with Crippen molar-refractivity contribution in [3.8, 4) is 0 Å². The average molecular weight is 397 g/mol. The quantitative estimate of drug-likeness (QED) is 0.802. The fourth-order valence-corrected chi connectivity index (χ4v) is 4.56. The number of carboxylic acids is 1. The van der Waals surface area contributed by atoms with Gasteiger partial charge in [-0.1, -0.05) is 0 Å². The first kappa shape index (κ1) is 14.0. The molecule has 0 radical (unpaired) electrons. The number of rotatable bonds is 5. The SMILES string of the molecule is O=C(O)CC(NC(=O)c1cc(Br)sc1Br)C1CC1. The molecule has 18 heavy (non-hydrogen) atoms. The summed E-state index contributed by atoms with van der Waals surface area (Å²) in [6.07, 6.45) is 1.97. The third-order valence-electron chi connectivity index (χ3n) is 2.80. The van der Waals surface area contributed by atoms with E-state index >= 15 is 0 Å². The van der Waals surface area contributed by atoms with Crippen molar-refractivity contribution in [1.29, 1.82) is 0 Å². The maximum absolute atomic E-state index is 12.1. The Kier molecular flexibility index (Phi) is 4.45. The van der Waals surface area contributed by atoms with E-state index in [1.807, 2.05) is 0 Å². The van der Waals surface area contributed by atoms with E-state index in [0.717, 1.165) is 20.4 Å². The first-order valence-electron chi connectivity index (χ1n) is 5.45. The predicted octanol–water partition coefficient (Wildman–Crippen LogP) is 3.26. The topological polar surface area (TPSA) is 66.4 Å². The molecule has 1 unspecified atom stereocenters. The van der Waals surface area contributed by atoms with Gasteiger partial charge in [0.1, 0.15) is 0 Å². The molecule has 7 heteroatoms. The Hall–Kier alpha value is -0.400. The molecule has 0 spiro atoms. The van der Waals surface area contributed by atoms with E-state index in [4.69, 9.17) is 5.11 Å². The minimum Gasteiger partial charge on any atom is -0.481 e. The Labute approximate surface area is 125 Å². The number of amides is 1. The van der Waals surface area contributed by atoms with Crippen LogP contribution < -0.4 is 5.32 Å². The molecule has 0 bridgehead atoms. The van der Waals surface area contributed by atoms with E-state index < -0.39 is 5.97 Å². The molecule has 98 valence electrons. The zero-order chi connectivity index (χ0) is 13.3. The highest BCUT2D eigenvalue weighted by atomic mass is 79.9. The van der Waals surface area contributed by atoms with Gasteiger partial charge in [-0.05, 0) is 56.7 Å². The molecule has 1 fully saturated rings. The van der Waals surface area contributed by atoms with Crippen molar-refractivity contribution in [2.75, 3.05) is 0 Å². The van der Waals surface area contributed by atoms with Gasteiger partial charge in [0.05, 0.1) is 19.6 Å². The van der Waals surface area contributed by atoms with Crippen molar-refractivity contribution < 1.29 is 14.7 Å². The number of nitrogens with one attached hydrogen (secondary N) is 1. The predicted molar refractivity (Wildman–Crippen MR) is 76.0 cm³/mol. The lowest BCUT2D eigenvalue weighted by molar-refractivity contribution is -0.137. The lowest BCUT2D eigenvalue weighted by atomic mass is 10.1. The highest BCUT2D eigenvalue weighted by molar-refractivity contribution is 9.12. The lowest BCUT2D eigenvalue weighted by Crippen LogP contribution is -2.38. The molecule has 1 atom stereocenters. The Bertz CT molecular complexity index is 485. The molecule has 1 amide bonds. The Morgan fingerprint density at radius 2 is 2.17 bits per heavy atom. The van der Waals surface area contributed by atoms with Gasteiger partial charge in [-0.25, -0.2) is 0 Å². The molecule has 1 saturated carbocycles. The highest BCUT2D eigenvalue weighted by Gasteiger charge is 2.34. The Morgan fingerprint density at radius 1 is 1.50 bits per heavy atom. The molecule has 1 aromatic heterocycles. The van der Waals surface area contributed by atoms with Crippen LogP contribution in [0.15, 0.2) is 13.6 Å². The van der Waals surface area contributed by atoms with Crippen molar-refractivity contribution in [1.82, 2.24) is 5.32 Å². The number of thiophene rings is 1. The molecule has 1 aliphatic carbocycles. The number of aliphatic carboxylic acids is 1. The van der Waals surface area contributed by atoms with Gasteiger partial charge in [0.2, 0.25) is 0 Å². The smallest absolute Gasteiger partial charge is 0.305 e. The van der Waals surface area contributed by atoms with Gasteiger partial charge in [-0.2, -0.15) is 0 Å². The van der Waals surface area contributed by atoms with Crippen LogP contribution in [0.4, 0.5) is 0 Å². The van der Waals surface area contributed by atoms with Gasteiger partial charge in [-0.3, -0.25) is 9.59 Å². The second-order valence-electron chi connectivity index (χ2n) is 4.25. The van der Waals surface area contributed by atoms with Crippen LogP contribution >= 0.6 is 43.2 Å². The van der Waals surface area contributed by atoms with E-state index in [1.165, 1.54) is 11.3 Å². The number of hydrogen-bond donors (Lipinski definition) is 2. The van der Waals surface area contributed by atoms with Crippen LogP contribution in [0, 0.1) is 5.92 Å². The van der Waals surface area contributed by atoms with Crippen LogP contribution in [-0.4, -0.2) is 23.0 Å². The van der Waals surface area contributed by atoms with Crippen LogP contribution in [0.1, 0.15) is 29.6 Å².